The van der Waals surface area contributed by atoms with E-state index in [9.17, 15) is 19.7 Å². The number of hydrogen-bond donors (Lipinski definition) is 1. The number of aryl methyl sites for hydroxylation is 2. The van der Waals surface area contributed by atoms with E-state index < -0.39 is 22.9 Å². The normalized spacial score (nSPS) is 11.6. The van der Waals surface area contributed by atoms with Crippen molar-refractivity contribution in [2.24, 2.45) is 7.05 Å². The SMILES string of the molecule is CCc1ccc(NC(=O)C(C)OC(=O)c2cc([N+](=O)[O-])cn2C)cc1. The van der Waals surface area contributed by atoms with E-state index in [1.165, 1.54) is 24.7 Å². The fourth-order valence-electron chi connectivity index (χ4n) is 2.19. The number of amides is 1. The van der Waals surface area contributed by atoms with Crippen molar-refractivity contribution in [1.29, 1.82) is 0 Å². The summed E-state index contributed by atoms with van der Waals surface area (Å²) in [5.74, 6) is -1.29. The number of rotatable bonds is 6. The molecule has 1 atom stereocenters. The lowest BCUT2D eigenvalue weighted by molar-refractivity contribution is -0.384. The second-order valence-electron chi connectivity index (χ2n) is 5.54. The van der Waals surface area contributed by atoms with Crippen LogP contribution in [0.5, 0.6) is 0 Å². The van der Waals surface area contributed by atoms with E-state index in [1.807, 2.05) is 19.1 Å². The summed E-state index contributed by atoms with van der Waals surface area (Å²) in [6.45, 7) is 3.47. The van der Waals surface area contributed by atoms with E-state index in [1.54, 1.807) is 12.1 Å². The Labute approximate surface area is 144 Å². The highest BCUT2D eigenvalue weighted by molar-refractivity contribution is 5.97. The zero-order valence-corrected chi connectivity index (χ0v) is 14.2. The maximum atomic E-state index is 12.1. The first-order valence-corrected chi connectivity index (χ1v) is 7.73. The Bertz CT molecular complexity index is 795. The number of carbonyl (C=O) groups excluding carboxylic acids is 2. The van der Waals surface area contributed by atoms with E-state index >= 15 is 0 Å². The van der Waals surface area contributed by atoms with Gasteiger partial charge in [0.25, 0.3) is 11.6 Å². The molecule has 0 radical (unpaired) electrons. The van der Waals surface area contributed by atoms with Gasteiger partial charge in [0.15, 0.2) is 6.10 Å². The summed E-state index contributed by atoms with van der Waals surface area (Å²) in [6.07, 6.45) is 1.05. The van der Waals surface area contributed by atoms with Gasteiger partial charge in [-0.25, -0.2) is 4.79 Å². The Morgan fingerprint density at radius 3 is 2.48 bits per heavy atom. The number of benzene rings is 1. The maximum absolute atomic E-state index is 12.1. The van der Waals surface area contributed by atoms with Crippen LogP contribution in [0, 0.1) is 10.1 Å². The van der Waals surface area contributed by atoms with Gasteiger partial charge in [-0.05, 0) is 31.0 Å². The Hall–Kier alpha value is -3.16. The van der Waals surface area contributed by atoms with Gasteiger partial charge in [0.2, 0.25) is 0 Å². The number of nitrogens with zero attached hydrogens (tertiary/aromatic N) is 2. The minimum Gasteiger partial charge on any atom is -0.448 e. The fraction of sp³-hybridized carbons (Fsp3) is 0.294. The first-order valence-electron chi connectivity index (χ1n) is 7.73. The highest BCUT2D eigenvalue weighted by Gasteiger charge is 2.23. The van der Waals surface area contributed by atoms with Crippen molar-refractivity contribution in [2.75, 3.05) is 5.32 Å². The standard InChI is InChI=1S/C17H19N3O5/c1-4-12-5-7-13(8-6-12)18-16(21)11(2)25-17(22)15-9-14(20(23)24)10-19(15)3/h5-11H,4H2,1-3H3,(H,18,21). The minimum absolute atomic E-state index is 0.00125. The van der Waals surface area contributed by atoms with Gasteiger partial charge in [-0.1, -0.05) is 19.1 Å². The quantitative estimate of drug-likeness (QED) is 0.492. The molecule has 0 bridgehead atoms. The average molecular weight is 345 g/mol. The van der Waals surface area contributed by atoms with Crippen LogP contribution in [0.2, 0.25) is 0 Å². The summed E-state index contributed by atoms with van der Waals surface area (Å²) in [4.78, 5) is 34.4. The predicted octanol–water partition coefficient (Wildman–Crippen LogP) is 2.68. The topological polar surface area (TPSA) is 103 Å². The number of nitro groups is 1. The van der Waals surface area contributed by atoms with E-state index in [0.29, 0.717) is 5.69 Å². The first-order chi connectivity index (χ1) is 11.8. The molecule has 0 saturated carbocycles. The van der Waals surface area contributed by atoms with E-state index in [-0.39, 0.29) is 11.4 Å². The van der Waals surface area contributed by atoms with Gasteiger partial charge in [0, 0.05) is 18.8 Å². The molecule has 1 heterocycles. The molecule has 2 rings (SSSR count). The van der Waals surface area contributed by atoms with Crippen LogP contribution in [-0.4, -0.2) is 27.5 Å². The number of aromatic nitrogens is 1. The summed E-state index contributed by atoms with van der Waals surface area (Å²) >= 11 is 0. The van der Waals surface area contributed by atoms with Crippen LogP contribution in [0.15, 0.2) is 36.5 Å². The molecular formula is C17H19N3O5. The number of carbonyl (C=O) groups is 2. The van der Waals surface area contributed by atoms with Crippen LogP contribution in [0.1, 0.15) is 29.9 Å². The second kappa shape index (κ2) is 7.61. The van der Waals surface area contributed by atoms with Crippen LogP contribution in [0.4, 0.5) is 11.4 Å². The monoisotopic (exact) mass is 345 g/mol. The third kappa shape index (κ3) is 4.43. The first kappa shape index (κ1) is 18.2. The number of esters is 1. The number of nitrogens with one attached hydrogen (secondary N) is 1. The Balaban J connectivity index is 2.00. The van der Waals surface area contributed by atoms with Crippen LogP contribution in [0.25, 0.3) is 0 Å². The van der Waals surface area contributed by atoms with Crippen LogP contribution in [0.3, 0.4) is 0 Å². The Morgan fingerprint density at radius 2 is 1.96 bits per heavy atom. The molecule has 1 unspecified atom stereocenters. The maximum Gasteiger partial charge on any atom is 0.355 e. The molecule has 132 valence electrons. The Morgan fingerprint density at radius 1 is 1.32 bits per heavy atom. The van der Waals surface area contributed by atoms with Crippen molar-refractivity contribution in [3.63, 3.8) is 0 Å². The molecule has 0 aliphatic heterocycles. The van der Waals surface area contributed by atoms with Gasteiger partial charge >= 0.3 is 5.97 Å². The molecule has 0 saturated heterocycles. The lowest BCUT2D eigenvalue weighted by Crippen LogP contribution is -2.30. The third-order valence-electron chi connectivity index (χ3n) is 3.69. The lowest BCUT2D eigenvalue weighted by atomic mass is 10.1. The average Bonchev–Trinajstić information content (AvgIpc) is 2.97. The molecule has 25 heavy (non-hydrogen) atoms. The summed E-state index contributed by atoms with van der Waals surface area (Å²) in [6, 6.07) is 8.44. The number of hydrogen-bond acceptors (Lipinski definition) is 5. The third-order valence-corrected chi connectivity index (χ3v) is 3.69. The number of ether oxygens (including phenoxy) is 1. The Kier molecular flexibility index (Phi) is 5.53. The van der Waals surface area contributed by atoms with Gasteiger partial charge in [-0.3, -0.25) is 14.9 Å². The molecular weight excluding hydrogens is 326 g/mol. The molecule has 8 heteroatoms. The van der Waals surface area contributed by atoms with Gasteiger partial charge < -0.3 is 14.6 Å². The summed E-state index contributed by atoms with van der Waals surface area (Å²) in [5, 5.41) is 13.4. The fourth-order valence-corrected chi connectivity index (χ4v) is 2.19. The van der Waals surface area contributed by atoms with Crippen molar-refractivity contribution >= 4 is 23.3 Å². The molecule has 8 nitrogen and oxygen atoms in total. The summed E-state index contributed by atoms with van der Waals surface area (Å²) < 4.78 is 6.38. The van der Waals surface area contributed by atoms with Crippen LogP contribution >= 0.6 is 0 Å². The van der Waals surface area contributed by atoms with Gasteiger partial charge in [-0.15, -0.1) is 0 Å². The zero-order chi connectivity index (χ0) is 18.6. The van der Waals surface area contributed by atoms with Gasteiger partial charge in [-0.2, -0.15) is 0 Å². The highest BCUT2D eigenvalue weighted by Crippen LogP contribution is 2.17. The van der Waals surface area contributed by atoms with Gasteiger partial charge in [0.1, 0.15) is 5.69 Å². The highest BCUT2D eigenvalue weighted by atomic mass is 16.6. The molecule has 0 fully saturated rings. The van der Waals surface area contributed by atoms with Crippen molar-refractivity contribution in [3.8, 4) is 0 Å². The molecule has 0 aliphatic rings. The number of anilines is 1. The lowest BCUT2D eigenvalue weighted by Gasteiger charge is -2.14. The van der Waals surface area contributed by atoms with Crippen LogP contribution in [-0.2, 0) is 23.0 Å². The van der Waals surface area contributed by atoms with E-state index in [0.717, 1.165) is 18.1 Å². The molecule has 2 aromatic rings. The molecule has 1 aromatic carbocycles. The summed E-state index contributed by atoms with van der Waals surface area (Å²) in [5.41, 5.74) is 1.52. The van der Waals surface area contributed by atoms with Crippen molar-refractivity contribution in [1.82, 2.24) is 4.57 Å². The van der Waals surface area contributed by atoms with E-state index in [2.05, 4.69) is 5.32 Å². The smallest absolute Gasteiger partial charge is 0.355 e. The predicted molar refractivity (Wildman–Crippen MR) is 91.4 cm³/mol. The second-order valence-corrected chi connectivity index (χ2v) is 5.54. The largest absolute Gasteiger partial charge is 0.448 e. The van der Waals surface area contributed by atoms with Gasteiger partial charge in [0.05, 0.1) is 11.1 Å². The van der Waals surface area contributed by atoms with Crippen molar-refractivity contribution in [3.05, 3.63) is 57.9 Å². The zero-order valence-electron chi connectivity index (χ0n) is 14.2. The van der Waals surface area contributed by atoms with E-state index in [4.69, 9.17) is 4.74 Å². The molecule has 1 N–H and O–H groups in total. The summed E-state index contributed by atoms with van der Waals surface area (Å²) in [7, 11) is 1.49. The van der Waals surface area contributed by atoms with Crippen molar-refractivity contribution < 1.29 is 19.2 Å². The molecule has 0 spiro atoms. The van der Waals surface area contributed by atoms with Crippen molar-refractivity contribution in [2.45, 2.75) is 26.4 Å². The molecule has 1 amide bonds. The molecule has 1 aromatic heterocycles. The van der Waals surface area contributed by atoms with Crippen LogP contribution < -0.4 is 5.32 Å². The minimum atomic E-state index is -1.05. The molecule has 0 aliphatic carbocycles.